The summed E-state index contributed by atoms with van der Waals surface area (Å²) in [6.45, 7) is 5.06. The third-order valence-corrected chi connectivity index (χ3v) is 3.68. The molecule has 2 heterocycles. The minimum absolute atomic E-state index is 0.0263. The second kappa shape index (κ2) is 6.56. The molecule has 1 N–H and O–H groups in total. The molecule has 0 saturated heterocycles. The number of rotatable bonds is 5. The van der Waals surface area contributed by atoms with Gasteiger partial charge < -0.3 is 9.88 Å². The summed E-state index contributed by atoms with van der Waals surface area (Å²) in [5, 5.41) is 3.26. The molecule has 0 aliphatic carbocycles. The number of anilines is 1. The van der Waals surface area contributed by atoms with E-state index in [-0.39, 0.29) is 5.56 Å². The summed E-state index contributed by atoms with van der Waals surface area (Å²) in [6, 6.07) is 9.63. The number of aromatic nitrogens is 4. The monoisotopic (exact) mass is 309 g/mol. The van der Waals surface area contributed by atoms with Crippen molar-refractivity contribution in [1.29, 1.82) is 0 Å². The van der Waals surface area contributed by atoms with Gasteiger partial charge >= 0.3 is 0 Å². The van der Waals surface area contributed by atoms with Crippen LogP contribution >= 0.6 is 0 Å². The van der Waals surface area contributed by atoms with Crippen molar-refractivity contribution in [2.24, 2.45) is 0 Å². The third kappa shape index (κ3) is 3.36. The van der Waals surface area contributed by atoms with Crippen LogP contribution in [0.2, 0.25) is 0 Å². The predicted octanol–water partition coefficient (Wildman–Crippen LogP) is 2.31. The van der Waals surface area contributed by atoms with Gasteiger partial charge in [0.25, 0.3) is 5.56 Å². The summed E-state index contributed by atoms with van der Waals surface area (Å²) >= 11 is 0. The lowest BCUT2D eigenvalue weighted by molar-refractivity contribution is 0.652. The van der Waals surface area contributed by atoms with E-state index in [0.717, 1.165) is 35.5 Å². The zero-order valence-corrected chi connectivity index (χ0v) is 13.3. The summed E-state index contributed by atoms with van der Waals surface area (Å²) < 4.78 is 1.80. The van der Waals surface area contributed by atoms with E-state index >= 15 is 0 Å². The number of hydrogen-bond donors (Lipinski definition) is 1. The lowest BCUT2D eigenvalue weighted by Crippen LogP contribution is -2.25. The maximum absolute atomic E-state index is 12.4. The normalized spacial score (nSPS) is 10.9. The van der Waals surface area contributed by atoms with Gasteiger partial charge in [0.2, 0.25) is 0 Å². The molecule has 1 aromatic carbocycles. The Kier molecular flexibility index (Phi) is 4.32. The zero-order chi connectivity index (χ0) is 16.2. The molecule has 3 rings (SSSR count). The molecule has 6 heteroatoms. The molecule has 23 heavy (non-hydrogen) atoms. The maximum atomic E-state index is 12.4. The van der Waals surface area contributed by atoms with Crippen LogP contribution in [0.3, 0.4) is 0 Å². The van der Waals surface area contributed by atoms with Crippen LogP contribution in [-0.2, 0) is 6.54 Å². The Balaban J connectivity index is 1.72. The molecule has 0 unspecified atom stereocenters. The van der Waals surface area contributed by atoms with E-state index in [9.17, 15) is 4.79 Å². The van der Waals surface area contributed by atoms with Crippen LogP contribution in [0.4, 0.5) is 5.82 Å². The third-order valence-electron chi connectivity index (χ3n) is 3.68. The van der Waals surface area contributed by atoms with Crippen molar-refractivity contribution in [1.82, 2.24) is 19.5 Å². The molecule has 0 radical (unpaired) electrons. The molecule has 0 spiro atoms. The SMILES string of the molecule is Cc1cc(NCCCn2c(=O)c(C)nc3ccccc32)ncn1. The number of fused-ring (bicyclic) bond motifs is 1. The highest BCUT2D eigenvalue weighted by Crippen LogP contribution is 2.10. The maximum Gasteiger partial charge on any atom is 0.272 e. The van der Waals surface area contributed by atoms with Crippen molar-refractivity contribution in [2.45, 2.75) is 26.8 Å². The van der Waals surface area contributed by atoms with Crippen LogP contribution in [0.1, 0.15) is 17.8 Å². The standard InChI is InChI=1S/C17H19N5O/c1-12-10-16(20-11-19-12)18-8-5-9-22-15-7-4-3-6-14(15)21-13(2)17(22)23/h3-4,6-7,10-11H,5,8-9H2,1-2H3,(H,18,19,20). The number of aryl methyl sites for hydroxylation is 3. The molecule has 0 atom stereocenters. The van der Waals surface area contributed by atoms with E-state index < -0.39 is 0 Å². The minimum Gasteiger partial charge on any atom is -0.370 e. The minimum atomic E-state index is -0.0263. The molecule has 0 aliphatic rings. The largest absolute Gasteiger partial charge is 0.370 e. The van der Waals surface area contributed by atoms with E-state index in [0.29, 0.717) is 12.2 Å². The van der Waals surface area contributed by atoms with E-state index in [2.05, 4.69) is 20.3 Å². The summed E-state index contributed by atoms with van der Waals surface area (Å²) in [5.41, 5.74) is 3.16. The van der Waals surface area contributed by atoms with E-state index in [1.165, 1.54) is 0 Å². The topological polar surface area (TPSA) is 72.7 Å². The Labute approximate surface area is 134 Å². The highest BCUT2D eigenvalue weighted by molar-refractivity contribution is 5.74. The number of nitrogens with one attached hydrogen (secondary N) is 1. The second-order valence-electron chi connectivity index (χ2n) is 5.47. The molecule has 6 nitrogen and oxygen atoms in total. The molecule has 3 aromatic rings. The van der Waals surface area contributed by atoms with Gasteiger partial charge in [0.1, 0.15) is 17.8 Å². The summed E-state index contributed by atoms with van der Waals surface area (Å²) in [7, 11) is 0. The summed E-state index contributed by atoms with van der Waals surface area (Å²) in [4.78, 5) is 24.9. The van der Waals surface area contributed by atoms with Gasteiger partial charge in [-0.1, -0.05) is 12.1 Å². The first-order chi connectivity index (χ1) is 11.1. The van der Waals surface area contributed by atoms with Crippen molar-refractivity contribution >= 4 is 16.9 Å². The van der Waals surface area contributed by atoms with E-state index in [4.69, 9.17) is 0 Å². The molecule has 2 aromatic heterocycles. The number of para-hydroxylation sites is 2. The lowest BCUT2D eigenvalue weighted by Gasteiger charge is -2.11. The molecule has 0 bridgehead atoms. The molecular weight excluding hydrogens is 290 g/mol. The second-order valence-corrected chi connectivity index (χ2v) is 5.47. The average molecular weight is 309 g/mol. The molecule has 0 amide bonds. The predicted molar refractivity (Wildman–Crippen MR) is 90.6 cm³/mol. The first-order valence-electron chi connectivity index (χ1n) is 7.64. The summed E-state index contributed by atoms with van der Waals surface area (Å²) in [6.07, 6.45) is 2.36. The van der Waals surface area contributed by atoms with Gasteiger partial charge in [-0.25, -0.2) is 15.0 Å². The Morgan fingerprint density at radius 3 is 2.83 bits per heavy atom. The van der Waals surface area contributed by atoms with Gasteiger partial charge in [-0.3, -0.25) is 4.79 Å². The van der Waals surface area contributed by atoms with Crippen LogP contribution in [0.25, 0.3) is 11.0 Å². The molecule has 0 aliphatic heterocycles. The van der Waals surface area contributed by atoms with Crippen molar-refractivity contribution in [3.8, 4) is 0 Å². The average Bonchev–Trinajstić information content (AvgIpc) is 2.54. The highest BCUT2D eigenvalue weighted by Gasteiger charge is 2.07. The van der Waals surface area contributed by atoms with Crippen LogP contribution in [0.15, 0.2) is 41.5 Å². The summed E-state index contributed by atoms with van der Waals surface area (Å²) in [5.74, 6) is 0.806. The van der Waals surface area contributed by atoms with Gasteiger partial charge in [-0.05, 0) is 32.4 Å². The van der Waals surface area contributed by atoms with Crippen LogP contribution in [0.5, 0.6) is 0 Å². The van der Waals surface area contributed by atoms with Gasteiger partial charge in [-0.15, -0.1) is 0 Å². The van der Waals surface area contributed by atoms with Crippen LogP contribution in [0, 0.1) is 13.8 Å². The fraction of sp³-hybridized carbons (Fsp3) is 0.294. The van der Waals surface area contributed by atoms with Crippen LogP contribution in [-0.4, -0.2) is 26.1 Å². The van der Waals surface area contributed by atoms with Gasteiger partial charge in [0, 0.05) is 24.8 Å². The van der Waals surface area contributed by atoms with Crippen molar-refractivity contribution < 1.29 is 0 Å². The Morgan fingerprint density at radius 2 is 2.00 bits per heavy atom. The first kappa shape index (κ1) is 15.1. The van der Waals surface area contributed by atoms with Crippen molar-refractivity contribution in [2.75, 3.05) is 11.9 Å². The lowest BCUT2D eigenvalue weighted by atomic mass is 10.2. The highest BCUT2D eigenvalue weighted by atomic mass is 16.1. The fourth-order valence-corrected chi connectivity index (χ4v) is 2.55. The quantitative estimate of drug-likeness (QED) is 0.732. The van der Waals surface area contributed by atoms with Gasteiger partial charge in [0.15, 0.2) is 0 Å². The first-order valence-corrected chi connectivity index (χ1v) is 7.64. The fourth-order valence-electron chi connectivity index (χ4n) is 2.55. The Hall–Kier alpha value is -2.76. The molecule has 0 saturated carbocycles. The molecule has 0 fully saturated rings. The number of hydrogen-bond acceptors (Lipinski definition) is 5. The van der Waals surface area contributed by atoms with E-state index in [1.807, 2.05) is 37.3 Å². The van der Waals surface area contributed by atoms with Gasteiger partial charge in [-0.2, -0.15) is 0 Å². The van der Waals surface area contributed by atoms with Gasteiger partial charge in [0.05, 0.1) is 11.0 Å². The molecular formula is C17H19N5O. The molecule has 118 valence electrons. The zero-order valence-electron chi connectivity index (χ0n) is 13.3. The van der Waals surface area contributed by atoms with E-state index in [1.54, 1.807) is 17.8 Å². The van der Waals surface area contributed by atoms with Crippen molar-refractivity contribution in [3.05, 3.63) is 58.4 Å². The Morgan fingerprint density at radius 1 is 1.17 bits per heavy atom. The Bertz CT molecular complexity index is 888. The number of benzene rings is 1. The van der Waals surface area contributed by atoms with Crippen molar-refractivity contribution in [3.63, 3.8) is 0 Å². The van der Waals surface area contributed by atoms with Crippen LogP contribution < -0.4 is 10.9 Å². The number of nitrogens with zero attached hydrogens (tertiary/aromatic N) is 4. The smallest absolute Gasteiger partial charge is 0.272 e.